The van der Waals surface area contributed by atoms with Crippen LogP contribution in [0.15, 0.2) is 150 Å². The van der Waals surface area contributed by atoms with Crippen LogP contribution >= 0.6 is 15.9 Å². The smallest absolute Gasteiger partial charge is 0.224 e. The molecule has 3 nitrogen and oxygen atoms in total. The highest BCUT2D eigenvalue weighted by atomic mass is 79.9. The summed E-state index contributed by atoms with van der Waals surface area (Å²) in [5.41, 5.74) is 5.06. The molecule has 5 aromatic rings. The van der Waals surface area contributed by atoms with Gasteiger partial charge in [0.2, 0.25) is 5.91 Å². The van der Waals surface area contributed by atoms with E-state index in [1.165, 1.54) is 16.7 Å². The van der Waals surface area contributed by atoms with E-state index in [0.717, 1.165) is 22.0 Å². The van der Waals surface area contributed by atoms with Gasteiger partial charge in [0.1, 0.15) is 6.10 Å². The first-order chi connectivity index (χ1) is 23.0. The summed E-state index contributed by atoms with van der Waals surface area (Å²) < 4.78 is 7.27. The Kier molecular flexibility index (Phi) is 12.2. The SMILES string of the molecule is CC[C@@H](C)[C@@H](CC(c1ccccc1)(c1ccccc1)c1ccccc1)C(=O)NCC#CC(OCc1ccccc1)c1ccc(Br)cc1. The highest BCUT2D eigenvalue weighted by Crippen LogP contribution is 2.45. The Labute approximate surface area is 288 Å². The van der Waals surface area contributed by atoms with Gasteiger partial charge in [0.15, 0.2) is 0 Å². The van der Waals surface area contributed by atoms with Crippen molar-refractivity contribution in [3.63, 3.8) is 0 Å². The number of carbonyl (C=O) groups excluding carboxylic acids is 1. The number of ether oxygens (including phenoxy) is 1. The minimum atomic E-state index is -0.515. The van der Waals surface area contributed by atoms with Crippen molar-refractivity contribution in [2.75, 3.05) is 6.54 Å². The van der Waals surface area contributed by atoms with Crippen molar-refractivity contribution < 1.29 is 9.53 Å². The quantitative estimate of drug-likeness (QED) is 0.0991. The van der Waals surface area contributed by atoms with Crippen LogP contribution in [0.4, 0.5) is 0 Å². The first kappa shape index (κ1) is 33.9. The molecule has 0 aliphatic carbocycles. The number of nitrogens with one attached hydrogen (secondary N) is 1. The molecule has 4 heteroatoms. The summed E-state index contributed by atoms with van der Waals surface area (Å²) in [4.78, 5) is 14.2. The molecule has 0 radical (unpaired) electrons. The van der Waals surface area contributed by atoms with Crippen molar-refractivity contribution in [3.8, 4) is 11.8 Å². The van der Waals surface area contributed by atoms with Crippen LogP contribution in [-0.2, 0) is 21.6 Å². The number of halogens is 1. The van der Waals surface area contributed by atoms with E-state index in [9.17, 15) is 4.79 Å². The van der Waals surface area contributed by atoms with Crippen molar-refractivity contribution in [3.05, 3.63) is 178 Å². The molecule has 0 spiro atoms. The van der Waals surface area contributed by atoms with Crippen LogP contribution in [0, 0.1) is 23.7 Å². The van der Waals surface area contributed by atoms with Crippen LogP contribution in [0.3, 0.4) is 0 Å². The second-order valence-corrected chi connectivity index (χ2v) is 12.9. The predicted molar refractivity (Wildman–Crippen MR) is 196 cm³/mol. The summed E-state index contributed by atoms with van der Waals surface area (Å²) >= 11 is 3.52. The molecule has 3 atom stereocenters. The third-order valence-electron chi connectivity index (χ3n) is 9.01. The van der Waals surface area contributed by atoms with Gasteiger partial charge in [0, 0.05) is 15.8 Å². The molecular weight excluding hydrogens is 642 g/mol. The minimum absolute atomic E-state index is 0.0196. The Morgan fingerprint density at radius 2 is 1.23 bits per heavy atom. The Morgan fingerprint density at radius 3 is 1.72 bits per heavy atom. The van der Waals surface area contributed by atoms with E-state index in [-0.39, 0.29) is 24.3 Å². The predicted octanol–water partition coefficient (Wildman–Crippen LogP) is 9.91. The van der Waals surface area contributed by atoms with Crippen LogP contribution in [0.1, 0.15) is 60.6 Å². The van der Waals surface area contributed by atoms with Crippen molar-refractivity contribution in [1.29, 1.82) is 0 Å². The van der Waals surface area contributed by atoms with Gasteiger partial charge in [-0.1, -0.05) is 181 Å². The number of rotatable bonds is 13. The molecule has 0 bridgehead atoms. The maximum atomic E-state index is 14.2. The van der Waals surface area contributed by atoms with Gasteiger partial charge in [-0.05, 0) is 52.3 Å². The van der Waals surface area contributed by atoms with Gasteiger partial charge in [-0.15, -0.1) is 0 Å². The first-order valence-corrected chi connectivity index (χ1v) is 17.1. The first-order valence-electron chi connectivity index (χ1n) is 16.3. The molecule has 0 fully saturated rings. The topological polar surface area (TPSA) is 38.3 Å². The molecule has 0 saturated heterocycles. The average molecular weight is 685 g/mol. The highest BCUT2D eigenvalue weighted by Gasteiger charge is 2.41. The highest BCUT2D eigenvalue weighted by molar-refractivity contribution is 9.10. The molecule has 1 amide bonds. The molecule has 47 heavy (non-hydrogen) atoms. The van der Waals surface area contributed by atoms with Crippen LogP contribution in [0.2, 0.25) is 0 Å². The number of amides is 1. The van der Waals surface area contributed by atoms with E-state index >= 15 is 0 Å². The zero-order valence-electron chi connectivity index (χ0n) is 27.1. The zero-order valence-corrected chi connectivity index (χ0v) is 28.7. The van der Waals surface area contributed by atoms with E-state index < -0.39 is 11.5 Å². The maximum Gasteiger partial charge on any atom is 0.224 e. The lowest BCUT2D eigenvalue weighted by molar-refractivity contribution is -0.126. The van der Waals surface area contributed by atoms with Gasteiger partial charge in [-0.2, -0.15) is 0 Å². The summed E-state index contributed by atoms with van der Waals surface area (Å²) in [5.74, 6) is 6.43. The number of benzene rings is 5. The zero-order chi connectivity index (χ0) is 32.9. The number of hydrogen-bond donors (Lipinski definition) is 1. The third-order valence-corrected chi connectivity index (χ3v) is 9.54. The molecule has 5 aromatic carbocycles. The molecule has 1 unspecified atom stereocenters. The van der Waals surface area contributed by atoms with Gasteiger partial charge >= 0.3 is 0 Å². The van der Waals surface area contributed by atoms with Crippen molar-refractivity contribution in [2.45, 2.75) is 44.8 Å². The van der Waals surface area contributed by atoms with Crippen LogP contribution in [0.25, 0.3) is 0 Å². The molecule has 0 aliphatic heterocycles. The molecule has 0 saturated carbocycles. The van der Waals surface area contributed by atoms with Crippen LogP contribution in [-0.4, -0.2) is 12.5 Å². The number of hydrogen-bond acceptors (Lipinski definition) is 2. The fourth-order valence-corrected chi connectivity index (χ4v) is 6.47. The van der Waals surface area contributed by atoms with Crippen LogP contribution < -0.4 is 5.32 Å². The van der Waals surface area contributed by atoms with Gasteiger partial charge in [0.25, 0.3) is 0 Å². The molecular formula is C43H42BrNO2. The Hall–Kier alpha value is -4.43. The van der Waals surface area contributed by atoms with Gasteiger partial charge < -0.3 is 10.1 Å². The molecule has 0 aliphatic rings. The normalized spacial score (nSPS) is 13.1. The fraction of sp³-hybridized carbons (Fsp3) is 0.233. The summed E-state index contributed by atoms with van der Waals surface area (Å²) in [7, 11) is 0. The van der Waals surface area contributed by atoms with Gasteiger partial charge in [0.05, 0.1) is 13.2 Å². The fourth-order valence-electron chi connectivity index (χ4n) is 6.21. The van der Waals surface area contributed by atoms with E-state index in [0.29, 0.717) is 13.0 Å². The molecule has 5 rings (SSSR count). The van der Waals surface area contributed by atoms with E-state index in [4.69, 9.17) is 4.74 Å². The minimum Gasteiger partial charge on any atom is -0.356 e. The van der Waals surface area contributed by atoms with Crippen molar-refractivity contribution in [2.24, 2.45) is 11.8 Å². The van der Waals surface area contributed by atoms with Crippen LogP contribution in [0.5, 0.6) is 0 Å². The van der Waals surface area contributed by atoms with E-state index in [1.807, 2.05) is 72.8 Å². The Balaban J connectivity index is 1.41. The lowest BCUT2D eigenvalue weighted by atomic mass is 9.63. The van der Waals surface area contributed by atoms with Crippen molar-refractivity contribution in [1.82, 2.24) is 5.32 Å². The molecule has 1 N–H and O–H groups in total. The van der Waals surface area contributed by atoms with E-state index in [1.54, 1.807) is 0 Å². The molecule has 0 heterocycles. The largest absolute Gasteiger partial charge is 0.356 e. The van der Waals surface area contributed by atoms with Gasteiger partial charge in [-0.3, -0.25) is 4.79 Å². The second-order valence-electron chi connectivity index (χ2n) is 12.0. The van der Waals surface area contributed by atoms with E-state index in [2.05, 4.69) is 120 Å². The number of carbonyl (C=O) groups is 1. The monoisotopic (exact) mass is 683 g/mol. The molecule has 0 aromatic heterocycles. The standard InChI is InChI=1S/C43H42BrNO2/c1-3-33(2)40(31-43(36-19-10-5-11-20-36,37-21-12-6-13-22-37)38-23-14-7-15-24-38)42(46)45-30-16-25-41(35-26-28-39(44)29-27-35)47-32-34-17-8-4-9-18-34/h4-15,17-24,26-29,33,40-41H,3,30-32H2,1-2H3,(H,45,46)/t33-,40-,41?/m1/s1. The summed E-state index contributed by atoms with van der Waals surface area (Å²) in [5, 5.41) is 3.19. The third kappa shape index (κ3) is 8.69. The average Bonchev–Trinajstić information content (AvgIpc) is 3.13. The summed E-state index contributed by atoms with van der Waals surface area (Å²) in [6, 6.07) is 49.9. The molecule has 238 valence electrons. The summed E-state index contributed by atoms with van der Waals surface area (Å²) in [6.45, 7) is 5.03. The second kappa shape index (κ2) is 16.9. The summed E-state index contributed by atoms with van der Waals surface area (Å²) in [6.07, 6.45) is 1.09. The van der Waals surface area contributed by atoms with Crippen molar-refractivity contribution >= 4 is 21.8 Å². The Bertz CT molecular complexity index is 1630. The Morgan fingerprint density at radius 1 is 0.745 bits per heavy atom. The lowest BCUT2D eigenvalue weighted by Gasteiger charge is -2.40. The van der Waals surface area contributed by atoms with Gasteiger partial charge in [-0.25, -0.2) is 0 Å². The maximum absolute atomic E-state index is 14.2. The lowest BCUT2D eigenvalue weighted by Crippen LogP contribution is -2.41.